The van der Waals surface area contributed by atoms with Crippen molar-refractivity contribution in [3.8, 4) is 5.75 Å². The van der Waals surface area contributed by atoms with Crippen LogP contribution in [0.15, 0.2) is 18.2 Å². The highest BCUT2D eigenvalue weighted by Crippen LogP contribution is 2.34. The van der Waals surface area contributed by atoms with Crippen molar-refractivity contribution in [2.24, 2.45) is 5.92 Å². The van der Waals surface area contributed by atoms with Crippen molar-refractivity contribution in [1.82, 2.24) is 5.32 Å². The molecule has 0 aromatic heterocycles. The highest BCUT2D eigenvalue weighted by molar-refractivity contribution is 5.42. The van der Waals surface area contributed by atoms with Gasteiger partial charge in [-0.25, -0.2) is 0 Å². The molecule has 74 valence electrons. The molecule has 2 N–H and O–H groups in total. The molecular formula is C12H15NO. The molecule has 3 rings (SSSR count). The van der Waals surface area contributed by atoms with E-state index in [0.717, 1.165) is 25.3 Å². The van der Waals surface area contributed by atoms with E-state index in [1.54, 1.807) is 6.07 Å². The predicted molar refractivity (Wildman–Crippen MR) is 55.4 cm³/mol. The fourth-order valence-corrected chi connectivity index (χ4v) is 2.86. The maximum absolute atomic E-state index is 9.75. The molecule has 1 aromatic rings. The SMILES string of the molecule is Oc1cccc2c1C[C@@H]1NCC[C@H]1C2. The number of phenolic OH excluding ortho intramolecular Hbond substituents is 1. The van der Waals surface area contributed by atoms with Crippen molar-refractivity contribution < 1.29 is 5.11 Å². The van der Waals surface area contributed by atoms with Gasteiger partial charge in [-0.1, -0.05) is 12.1 Å². The van der Waals surface area contributed by atoms with E-state index < -0.39 is 0 Å². The first-order chi connectivity index (χ1) is 6.84. The van der Waals surface area contributed by atoms with Crippen LogP contribution in [0.5, 0.6) is 5.75 Å². The molecule has 0 saturated carbocycles. The summed E-state index contributed by atoms with van der Waals surface area (Å²) >= 11 is 0. The first-order valence-corrected chi connectivity index (χ1v) is 5.38. The third-order valence-electron chi connectivity index (χ3n) is 3.65. The third-order valence-corrected chi connectivity index (χ3v) is 3.65. The summed E-state index contributed by atoms with van der Waals surface area (Å²) < 4.78 is 0. The molecule has 1 aliphatic carbocycles. The Morgan fingerprint density at radius 3 is 3.14 bits per heavy atom. The Labute approximate surface area is 84.0 Å². The first kappa shape index (κ1) is 8.30. The van der Waals surface area contributed by atoms with Crippen molar-refractivity contribution in [3.05, 3.63) is 29.3 Å². The van der Waals surface area contributed by atoms with Crippen LogP contribution in [0.4, 0.5) is 0 Å². The smallest absolute Gasteiger partial charge is 0.119 e. The number of hydrogen-bond donors (Lipinski definition) is 2. The van der Waals surface area contributed by atoms with Crippen LogP contribution < -0.4 is 5.32 Å². The highest BCUT2D eigenvalue weighted by atomic mass is 16.3. The van der Waals surface area contributed by atoms with E-state index in [9.17, 15) is 5.11 Å². The minimum atomic E-state index is 0.481. The largest absolute Gasteiger partial charge is 0.508 e. The van der Waals surface area contributed by atoms with E-state index in [1.807, 2.05) is 6.07 Å². The normalized spacial score (nSPS) is 29.7. The molecule has 1 aliphatic heterocycles. The van der Waals surface area contributed by atoms with Gasteiger partial charge in [0.2, 0.25) is 0 Å². The van der Waals surface area contributed by atoms with E-state index in [4.69, 9.17) is 0 Å². The lowest BCUT2D eigenvalue weighted by Crippen LogP contribution is -2.34. The van der Waals surface area contributed by atoms with Crippen LogP contribution >= 0.6 is 0 Å². The first-order valence-electron chi connectivity index (χ1n) is 5.38. The zero-order valence-corrected chi connectivity index (χ0v) is 8.16. The minimum Gasteiger partial charge on any atom is -0.508 e. The van der Waals surface area contributed by atoms with Crippen LogP contribution in [0.3, 0.4) is 0 Å². The Morgan fingerprint density at radius 1 is 1.29 bits per heavy atom. The Morgan fingerprint density at radius 2 is 2.21 bits per heavy atom. The molecule has 2 atom stereocenters. The lowest BCUT2D eigenvalue weighted by atomic mass is 9.80. The van der Waals surface area contributed by atoms with Crippen molar-refractivity contribution >= 4 is 0 Å². The second kappa shape index (κ2) is 2.99. The average Bonchev–Trinajstić information content (AvgIpc) is 2.62. The van der Waals surface area contributed by atoms with Gasteiger partial charge in [-0.2, -0.15) is 0 Å². The van der Waals surface area contributed by atoms with Crippen LogP contribution in [0.1, 0.15) is 17.5 Å². The molecule has 0 bridgehead atoms. The molecule has 1 aromatic carbocycles. The van der Waals surface area contributed by atoms with Crippen LogP contribution in [0.2, 0.25) is 0 Å². The van der Waals surface area contributed by atoms with E-state index in [-0.39, 0.29) is 0 Å². The van der Waals surface area contributed by atoms with E-state index >= 15 is 0 Å². The van der Waals surface area contributed by atoms with E-state index in [0.29, 0.717) is 11.8 Å². The van der Waals surface area contributed by atoms with E-state index in [2.05, 4.69) is 11.4 Å². The van der Waals surface area contributed by atoms with Crippen LogP contribution in [0.25, 0.3) is 0 Å². The summed E-state index contributed by atoms with van der Waals surface area (Å²) in [7, 11) is 0. The molecule has 1 heterocycles. The van der Waals surface area contributed by atoms with Gasteiger partial charge in [0.05, 0.1) is 0 Å². The van der Waals surface area contributed by atoms with Gasteiger partial charge in [0, 0.05) is 6.04 Å². The fraction of sp³-hybridized carbons (Fsp3) is 0.500. The Kier molecular flexibility index (Phi) is 1.77. The molecule has 2 aliphatic rings. The summed E-state index contributed by atoms with van der Waals surface area (Å²) in [5, 5.41) is 13.3. The quantitative estimate of drug-likeness (QED) is 0.647. The number of phenols is 1. The Bertz CT molecular complexity index is 361. The summed E-state index contributed by atoms with van der Waals surface area (Å²) in [5.74, 6) is 1.28. The molecule has 2 heteroatoms. The van der Waals surface area contributed by atoms with E-state index in [1.165, 1.54) is 17.5 Å². The number of benzene rings is 1. The molecule has 0 spiro atoms. The fourth-order valence-electron chi connectivity index (χ4n) is 2.86. The van der Waals surface area contributed by atoms with Crippen molar-refractivity contribution in [2.45, 2.75) is 25.3 Å². The number of fused-ring (bicyclic) bond motifs is 2. The topological polar surface area (TPSA) is 32.3 Å². The van der Waals surface area contributed by atoms with Gasteiger partial charge in [-0.3, -0.25) is 0 Å². The summed E-state index contributed by atoms with van der Waals surface area (Å²) in [5.41, 5.74) is 2.53. The van der Waals surface area contributed by atoms with Crippen LogP contribution in [-0.2, 0) is 12.8 Å². The predicted octanol–water partition coefficient (Wildman–Crippen LogP) is 1.47. The number of aromatic hydroxyl groups is 1. The van der Waals surface area contributed by atoms with Crippen molar-refractivity contribution in [1.29, 1.82) is 0 Å². The Hall–Kier alpha value is -1.02. The van der Waals surface area contributed by atoms with Crippen molar-refractivity contribution in [2.75, 3.05) is 6.54 Å². The van der Waals surface area contributed by atoms with Gasteiger partial charge in [-0.05, 0) is 48.9 Å². The summed E-state index contributed by atoms with van der Waals surface area (Å²) in [6.07, 6.45) is 3.44. The van der Waals surface area contributed by atoms with Crippen molar-refractivity contribution in [3.63, 3.8) is 0 Å². The monoisotopic (exact) mass is 189 g/mol. The molecule has 0 radical (unpaired) electrons. The van der Waals surface area contributed by atoms with Gasteiger partial charge in [0.25, 0.3) is 0 Å². The average molecular weight is 189 g/mol. The second-order valence-corrected chi connectivity index (χ2v) is 4.43. The zero-order valence-electron chi connectivity index (χ0n) is 8.16. The standard InChI is InChI=1S/C12H15NO/c14-12-3-1-2-8-6-9-4-5-13-11(9)7-10(8)12/h1-3,9,11,13-14H,4-7H2/t9-,11-/m0/s1. The maximum Gasteiger partial charge on any atom is 0.119 e. The molecular weight excluding hydrogens is 174 g/mol. The van der Waals surface area contributed by atoms with Gasteiger partial charge >= 0.3 is 0 Å². The van der Waals surface area contributed by atoms with Gasteiger partial charge in [-0.15, -0.1) is 0 Å². The number of nitrogens with one attached hydrogen (secondary N) is 1. The number of rotatable bonds is 0. The summed E-state index contributed by atoms with van der Waals surface area (Å²) in [4.78, 5) is 0. The molecule has 2 nitrogen and oxygen atoms in total. The van der Waals surface area contributed by atoms with Gasteiger partial charge in [0.15, 0.2) is 0 Å². The maximum atomic E-state index is 9.75. The molecule has 14 heavy (non-hydrogen) atoms. The third kappa shape index (κ3) is 1.14. The lowest BCUT2D eigenvalue weighted by molar-refractivity contribution is 0.399. The van der Waals surface area contributed by atoms with Gasteiger partial charge < -0.3 is 10.4 Å². The number of hydrogen-bond acceptors (Lipinski definition) is 2. The second-order valence-electron chi connectivity index (χ2n) is 4.43. The van der Waals surface area contributed by atoms with Crippen LogP contribution in [0, 0.1) is 5.92 Å². The Balaban J connectivity index is 2.01. The lowest BCUT2D eigenvalue weighted by Gasteiger charge is -2.27. The molecule has 0 unspecified atom stereocenters. The summed E-state index contributed by atoms with van der Waals surface area (Å²) in [6, 6.07) is 6.52. The highest BCUT2D eigenvalue weighted by Gasteiger charge is 2.32. The van der Waals surface area contributed by atoms with Crippen LogP contribution in [-0.4, -0.2) is 17.7 Å². The van der Waals surface area contributed by atoms with Gasteiger partial charge in [0.1, 0.15) is 5.75 Å². The molecule has 1 fully saturated rings. The summed E-state index contributed by atoms with van der Waals surface area (Å²) in [6.45, 7) is 1.14. The minimum absolute atomic E-state index is 0.481. The zero-order chi connectivity index (χ0) is 9.54. The molecule has 1 saturated heterocycles. The molecule has 0 amide bonds.